The fraction of sp³-hybridized carbons (Fsp3) is 0.958. The number of ether oxygens (including phenoxy) is 1. The van der Waals surface area contributed by atoms with Crippen LogP contribution in [-0.4, -0.2) is 12.6 Å². The lowest BCUT2D eigenvalue weighted by Crippen LogP contribution is -2.18. The average Bonchev–Trinajstić information content (AvgIpc) is 2.65. The van der Waals surface area contributed by atoms with E-state index in [9.17, 15) is 4.79 Å². The van der Waals surface area contributed by atoms with Crippen molar-refractivity contribution < 1.29 is 9.53 Å². The van der Waals surface area contributed by atoms with E-state index in [-0.39, 0.29) is 11.9 Å². The predicted octanol–water partition coefficient (Wildman–Crippen LogP) is 8.23. The van der Waals surface area contributed by atoms with Crippen LogP contribution in [0, 0.1) is 5.92 Å². The van der Waals surface area contributed by atoms with E-state index >= 15 is 0 Å². The zero-order valence-corrected chi connectivity index (χ0v) is 18.3. The normalized spacial score (nSPS) is 12.3. The molecule has 0 rings (SSSR count). The molecule has 0 amide bonds. The van der Waals surface area contributed by atoms with Crippen LogP contribution < -0.4 is 0 Å². The molecule has 0 saturated carbocycles. The summed E-state index contributed by atoms with van der Waals surface area (Å²) in [6.07, 6.45) is 22.4. The van der Waals surface area contributed by atoms with E-state index < -0.39 is 0 Å². The zero-order chi connectivity index (χ0) is 19.3. The van der Waals surface area contributed by atoms with Crippen molar-refractivity contribution in [3.05, 3.63) is 0 Å². The maximum absolute atomic E-state index is 12.5. The fourth-order valence-corrected chi connectivity index (χ4v) is 3.54. The lowest BCUT2D eigenvalue weighted by Gasteiger charge is -2.16. The highest BCUT2D eigenvalue weighted by Crippen LogP contribution is 2.20. The molecule has 0 aromatic heterocycles. The maximum Gasteiger partial charge on any atom is 0.308 e. The fourth-order valence-electron chi connectivity index (χ4n) is 3.54. The first kappa shape index (κ1) is 25.5. The number of hydrogen-bond acceptors (Lipinski definition) is 2. The molecule has 0 aliphatic carbocycles. The van der Waals surface area contributed by atoms with Gasteiger partial charge in [-0.3, -0.25) is 4.79 Å². The predicted molar refractivity (Wildman–Crippen MR) is 115 cm³/mol. The molecule has 156 valence electrons. The van der Waals surface area contributed by atoms with Crippen molar-refractivity contribution in [3.63, 3.8) is 0 Å². The van der Waals surface area contributed by atoms with Crippen molar-refractivity contribution in [2.24, 2.45) is 5.92 Å². The summed E-state index contributed by atoms with van der Waals surface area (Å²) in [5.41, 5.74) is 0. The van der Waals surface area contributed by atoms with Crippen LogP contribution in [0.5, 0.6) is 0 Å². The SMILES string of the molecule is CCCCCCCCCCC(CCCCCC)C(=O)OCCCCCC. The summed E-state index contributed by atoms with van der Waals surface area (Å²) < 4.78 is 5.59. The Morgan fingerprint density at radius 3 is 1.46 bits per heavy atom. The number of esters is 1. The third-order valence-electron chi connectivity index (χ3n) is 5.39. The number of unbranched alkanes of at least 4 members (excludes halogenated alkanes) is 13. The van der Waals surface area contributed by atoms with Gasteiger partial charge in [0.15, 0.2) is 0 Å². The molecule has 2 nitrogen and oxygen atoms in total. The molecule has 26 heavy (non-hydrogen) atoms. The highest BCUT2D eigenvalue weighted by Gasteiger charge is 2.19. The smallest absolute Gasteiger partial charge is 0.308 e. The molecule has 0 bridgehead atoms. The van der Waals surface area contributed by atoms with E-state index in [2.05, 4.69) is 20.8 Å². The Labute approximate surface area is 164 Å². The van der Waals surface area contributed by atoms with Gasteiger partial charge in [-0.1, -0.05) is 117 Å². The lowest BCUT2D eigenvalue weighted by atomic mass is 9.94. The van der Waals surface area contributed by atoms with Crippen LogP contribution in [0.3, 0.4) is 0 Å². The molecule has 0 saturated heterocycles. The molecule has 0 N–H and O–H groups in total. The summed E-state index contributed by atoms with van der Waals surface area (Å²) in [6, 6.07) is 0. The van der Waals surface area contributed by atoms with Crippen LogP contribution in [0.1, 0.15) is 136 Å². The van der Waals surface area contributed by atoms with Gasteiger partial charge in [0, 0.05) is 0 Å². The Bertz CT molecular complexity index is 288. The molecule has 0 fully saturated rings. The van der Waals surface area contributed by atoms with E-state index in [1.165, 1.54) is 96.3 Å². The summed E-state index contributed by atoms with van der Waals surface area (Å²) in [5.74, 6) is 0.235. The van der Waals surface area contributed by atoms with Gasteiger partial charge in [-0.2, -0.15) is 0 Å². The summed E-state index contributed by atoms with van der Waals surface area (Å²) in [4.78, 5) is 12.5. The Kier molecular flexibility index (Phi) is 20.4. The molecule has 0 aliphatic heterocycles. The monoisotopic (exact) mass is 368 g/mol. The van der Waals surface area contributed by atoms with Gasteiger partial charge in [0.05, 0.1) is 12.5 Å². The van der Waals surface area contributed by atoms with E-state index in [1.54, 1.807) is 0 Å². The third kappa shape index (κ3) is 16.9. The van der Waals surface area contributed by atoms with E-state index in [0.29, 0.717) is 6.61 Å². The van der Waals surface area contributed by atoms with Crippen molar-refractivity contribution in [1.29, 1.82) is 0 Å². The summed E-state index contributed by atoms with van der Waals surface area (Å²) in [5, 5.41) is 0. The molecule has 0 spiro atoms. The van der Waals surface area contributed by atoms with E-state index in [4.69, 9.17) is 4.74 Å². The van der Waals surface area contributed by atoms with Crippen molar-refractivity contribution in [1.82, 2.24) is 0 Å². The molecule has 0 aliphatic rings. The minimum absolute atomic E-state index is 0.0842. The summed E-state index contributed by atoms with van der Waals surface area (Å²) in [6.45, 7) is 7.34. The van der Waals surface area contributed by atoms with Gasteiger partial charge in [-0.15, -0.1) is 0 Å². The highest BCUT2D eigenvalue weighted by molar-refractivity contribution is 5.72. The van der Waals surface area contributed by atoms with Gasteiger partial charge in [0.25, 0.3) is 0 Å². The van der Waals surface area contributed by atoms with Crippen LogP contribution in [0.4, 0.5) is 0 Å². The molecule has 0 aromatic carbocycles. The first-order valence-electron chi connectivity index (χ1n) is 11.9. The van der Waals surface area contributed by atoms with Crippen LogP contribution >= 0.6 is 0 Å². The highest BCUT2D eigenvalue weighted by atomic mass is 16.5. The number of rotatable bonds is 20. The number of hydrogen-bond donors (Lipinski definition) is 0. The quantitative estimate of drug-likeness (QED) is 0.160. The van der Waals surface area contributed by atoms with Crippen molar-refractivity contribution >= 4 is 5.97 Å². The first-order chi connectivity index (χ1) is 12.8. The Balaban J connectivity index is 3.94. The zero-order valence-electron chi connectivity index (χ0n) is 18.3. The summed E-state index contributed by atoms with van der Waals surface area (Å²) >= 11 is 0. The molecule has 1 unspecified atom stereocenters. The second kappa shape index (κ2) is 20.8. The van der Waals surface area contributed by atoms with Crippen molar-refractivity contribution in [2.75, 3.05) is 6.61 Å². The Morgan fingerprint density at radius 1 is 0.577 bits per heavy atom. The van der Waals surface area contributed by atoms with Crippen LogP contribution in [0.15, 0.2) is 0 Å². The van der Waals surface area contributed by atoms with E-state index in [1.807, 2.05) is 0 Å². The molecular formula is C24H48O2. The molecule has 2 heteroatoms. The lowest BCUT2D eigenvalue weighted by molar-refractivity contribution is -0.149. The van der Waals surface area contributed by atoms with Gasteiger partial charge in [0.1, 0.15) is 0 Å². The first-order valence-corrected chi connectivity index (χ1v) is 11.9. The third-order valence-corrected chi connectivity index (χ3v) is 5.39. The standard InChI is InChI=1S/C24H48O2/c1-4-7-10-13-14-15-16-18-21-23(20-17-11-8-5-2)24(25)26-22-19-12-9-6-3/h23H,4-22H2,1-3H3. The van der Waals surface area contributed by atoms with E-state index in [0.717, 1.165) is 19.3 Å². The van der Waals surface area contributed by atoms with Crippen LogP contribution in [0.25, 0.3) is 0 Å². The van der Waals surface area contributed by atoms with Crippen LogP contribution in [0.2, 0.25) is 0 Å². The molecule has 0 aromatic rings. The van der Waals surface area contributed by atoms with Gasteiger partial charge in [-0.05, 0) is 19.3 Å². The summed E-state index contributed by atoms with van der Waals surface area (Å²) in [7, 11) is 0. The Hall–Kier alpha value is -0.530. The maximum atomic E-state index is 12.5. The van der Waals surface area contributed by atoms with Gasteiger partial charge in [-0.25, -0.2) is 0 Å². The molecule has 0 heterocycles. The largest absolute Gasteiger partial charge is 0.465 e. The second-order valence-electron chi connectivity index (χ2n) is 8.04. The van der Waals surface area contributed by atoms with Gasteiger partial charge >= 0.3 is 5.97 Å². The van der Waals surface area contributed by atoms with Crippen molar-refractivity contribution in [2.45, 2.75) is 136 Å². The second-order valence-corrected chi connectivity index (χ2v) is 8.04. The van der Waals surface area contributed by atoms with Crippen molar-refractivity contribution in [3.8, 4) is 0 Å². The van der Waals surface area contributed by atoms with Gasteiger partial charge in [0.2, 0.25) is 0 Å². The topological polar surface area (TPSA) is 26.3 Å². The Morgan fingerprint density at radius 2 is 0.962 bits per heavy atom. The average molecular weight is 369 g/mol. The minimum Gasteiger partial charge on any atom is -0.465 e. The minimum atomic E-state index is 0.0842. The van der Waals surface area contributed by atoms with Crippen LogP contribution in [-0.2, 0) is 9.53 Å². The molecule has 0 radical (unpaired) electrons. The molecular weight excluding hydrogens is 320 g/mol. The number of carbonyl (C=O) groups excluding carboxylic acids is 1. The molecule has 1 atom stereocenters. The number of carbonyl (C=O) groups is 1. The van der Waals surface area contributed by atoms with Gasteiger partial charge < -0.3 is 4.74 Å².